The van der Waals surface area contributed by atoms with Crippen LogP contribution in [0.3, 0.4) is 0 Å². The molecule has 29 heavy (non-hydrogen) atoms. The monoisotopic (exact) mass is 439 g/mol. The highest BCUT2D eigenvalue weighted by atomic mass is 35.5. The normalized spacial score (nSPS) is 13.0. The Morgan fingerprint density at radius 2 is 1.79 bits per heavy atom. The van der Waals surface area contributed by atoms with E-state index in [1.165, 1.54) is 5.56 Å². The topological polar surface area (TPSA) is 46.2 Å². The molecule has 0 aliphatic carbocycles. The number of hydrogen-bond acceptors (Lipinski definition) is 3. The van der Waals surface area contributed by atoms with Gasteiger partial charge in [0, 0.05) is 27.5 Å². The first kappa shape index (κ1) is 19.9. The molecule has 6 heteroatoms. The van der Waals surface area contributed by atoms with Crippen LogP contribution in [0.15, 0.2) is 77.4 Å². The van der Waals surface area contributed by atoms with E-state index in [4.69, 9.17) is 11.6 Å². The Morgan fingerprint density at radius 1 is 1.03 bits per heavy atom. The van der Waals surface area contributed by atoms with Gasteiger partial charge < -0.3 is 0 Å². The summed E-state index contributed by atoms with van der Waals surface area (Å²) in [6.45, 7) is 0. The summed E-state index contributed by atoms with van der Waals surface area (Å²) < 4.78 is 25.5. The van der Waals surface area contributed by atoms with Crippen molar-refractivity contribution in [3.63, 3.8) is 0 Å². The highest BCUT2D eigenvalue weighted by Crippen LogP contribution is 2.42. The molecule has 1 aliphatic rings. The van der Waals surface area contributed by atoms with E-state index in [0.717, 1.165) is 44.2 Å². The molecular weight excluding hydrogens is 422 g/mol. The minimum absolute atomic E-state index is 0.522. The predicted molar refractivity (Wildman–Crippen MR) is 123 cm³/mol. The second-order valence-corrected chi connectivity index (χ2v) is 9.87. The van der Waals surface area contributed by atoms with Crippen molar-refractivity contribution in [3.05, 3.63) is 99.7 Å². The lowest BCUT2D eigenvalue weighted by Crippen LogP contribution is -2.09. The maximum absolute atomic E-state index is 11.5. The van der Waals surface area contributed by atoms with Gasteiger partial charge in [0.15, 0.2) is 0 Å². The second-order valence-electron chi connectivity index (χ2n) is 6.73. The third kappa shape index (κ3) is 4.60. The van der Waals surface area contributed by atoms with Crippen LogP contribution in [0.5, 0.6) is 0 Å². The van der Waals surface area contributed by atoms with E-state index in [-0.39, 0.29) is 0 Å². The number of hydrogen-bond donors (Lipinski definition) is 1. The molecule has 0 radical (unpaired) electrons. The van der Waals surface area contributed by atoms with Gasteiger partial charge >= 0.3 is 0 Å². The Balaban J connectivity index is 1.87. The number of thioether (sulfide) groups is 1. The van der Waals surface area contributed by atoms with Crippen LogP contribution >= 0.6 is 23.4 Å². The van der Waals surface area contributed by atoms with E-state index in [9.17, 15) is 8.42 Å². The van der Waals surface area contributed by atoms with Gasteiger partial charge in [-0.15, -0.1) is 17.5 Å². The van der Waals surface area contributed by atoms with Gasteiger partial charge in [-0.3, -0.25) is 4.72 Å². The molecule has 3 aromatic carbocycles. The molecule has 3 nitrogen and oxygen atoms in total. The molecule has 0 atom stereocenters. The maximum atomic E-state index is 11.5. The lowest BCUT2D eigenvalue weighted by Gasteiger charge is -2.09. The van der Waals surface area contributed by atoms with Gasteiger partial charge in [0.25, 0.3) is 0 Å². The fraction of sp³-hybridized carbons (Fsp3) is 0.0870. The highest BCUT2D eigenvalue weighted by molar-refractivity contribution is 7.98. The average molecular weight is 440 g/mol. The summed E-state index contributed by atoms with van der Waals surface area (Å²) in [7, 11) is -3.33. The number of fused-ring (bicyclic) bond motifs is 2. The highest BCUT2D eigenvalue weighted by Gasteiger charge is 2.19. The summed E-state index contributed by atoms with van der Waals surface area (Å²) in [4.78, 5) is 1.05. The molecule has 1 heterocycles. The number of sulfonamides is 1. The number of halogens is 1. The van der Waals surface area contributed by atoms with Crippen molar-refractivity contribution in [2.45, 2.75) is 10.6 Å². The van der Waals surface area contributed by atoms with E-state index >= 15 is 0 Å². The van der Waals surface area contributed by atoms with Gasteiger partial charge in [0.05, 0.1) is 11.3 Å². The van der Waals surface area contributed by atoms with Crippen molar-refractivity contribution in [1.29, 1.82) is 0 Å². The molecule has 0 amide bonds. The quantitative estimate of drug-likeness (QED) is 0.504. The second kappa shape index (κ2) is 8.13. The van der Waals surface area contributed by atoms with Gasteiger partial charge in [0.2, 0.25) is 10.0 Å². The largest absolute Gasteiger partial charge is 0.284 e. The zero-order valence-electron chi connectivity index (χ0n) is 15.6. The summed E-state index contributed by atoms with van der Waals surface area (Å²) in [5.41, 5.74) is 9.21. The molecular formula is C23H18ClNO2S2. The fourth-order valence-electron chi connectivity index (χ4n) is 3.25. The zero-order chi connectivity index (χ0) is 20.4. The van der Waals surface area contributed by atoms with E-state index in [1.54, 1.807) is 23.9 Å². The van der Waals surface area contributed by atoms with E-state index in [1.807, 2.05) is 42.5 Å². The first-order chi connectivity index (χ1) is 13.9. The van der Waals surface area contributed by atoms with Gasteiger partial charge in [-0.25, -0.2) is 8.42 Å². The van der Waals surface area contributed by atoms with Crippen molar-refractivity contribution in [3.8, 4) is 0 Å². The molecule has 0 spiro atoms. The van der Waals surface area contributed by atoms with Crippen LogP contribution in [0.1, 0.15) is 22.3 Å². The summed E-state index contributed by atoms with van der Waals surface area (Å²) >= 11 is 8.21. The Morgan fingerprint density at radius 3 is 2.62 bits per heavy atom. The lowest BCUT2D eigenvalue weighted by molar-refractivity contribution is 0.607. The Hall–Kier alpha value is -2.43. The van der Waals surface area contributed by atoms with Crippen LogP contribution in [-0.2, 0) is 15.8 Å². The van der Waals surface area contributed by atoms with Crippen molar-refractivity contribution < 1.29 is 8.42 Å². The van der Waals surface area contributed by atoms with Gasteiger partial charge in [-0.2, -0.15) is 0 Å². The number of benzene rings is 3. The van der Waals surface area contributed by atoms with Crippen molar-refractivity contribution in [1.82, 2.24) is 0 Å². The van der Waals surface area contributed by atoms with Crippen LogP contribution < -0.4 is 4.72 Å². The molecule has 1 aliphatic heterocycles. The van der Waals surface area contributed by atoms with Gasteiger partial charge in [0.1, 0.15) is 0 Å². The minimum Gasteiger partial charge on any atom is -0.284 e. The van der Waals surface area contributed by atoms with Crippen LogP contribution in [0, 0.1) is 0 Å². The van der Waals surface area contributed by atoms with Crippen LogP contribution in [0.2, 0.25) is 5.02 Å². The molecule has 1 N–H and O–H groups in total. The zero-order valence-corrected chi connectivity index (χ0v) is 18.0. The van der Waals surface area contributed by atoms with E-state index in [0.29, 0.717) is 5.69 Å². The fourth-order valence-corrected chi connectivity index (χ4v) is 5.23. The SMILES string of the molecule is CS(=O)(=O)Nc1cccc(C=C=C2c3ccccc3CSc3c(Cl)cccc32)c1. The molecule has 0 fully saturated rings. The first-order valence-electron chi connectivity index (χ1n) is 8.95. The Labute approximate surface area is 180 Å². The van der Waals surface area contributed by atoms with Gasteiger partial charge in [-0.05, 0) is 41.0 Å². The summed E-state index contributed by atoms with van der Waals surface area (Å²) in [5.74, 6) is 0.839. The summed E-state index contributed by atoms with van der Waals surface area (Å²) in [6, 6.07) is 21.4. The number of nitrogens with one attached hydrogen (secondary N) is 1. The molecule has 146 valence electrons. The third-order valence-corrected chi connectivity index (χ3v) is 6.69. The maximum Gasteiger partial charge on any atom is 0.229 e. The predicted octanol–water partition coefficient (Wildman–Crippen LogP) is 6.06. The Bertz CT molecular complexity index is 1260. The van der Waals surface area contributed by atoms with Gasteiger partial charge in [-0.1, -0.05) is 60.1 Å². The van der Waals surface area contributed by atoms with Crippen LogP contribution in [0.4, 0.5) is 5.69 Å². The standard InChI is InChI=1S/C23H18ClNO2S2/c1-29(26,27)25-18-8-4-6-16(14-18)12-13-20-19-9-3-2-7-17(19)15-28-23-21(20)10-5-11-22(23)24/h2-12,14,25H,15H2,1H3. The number of rotatable bonds is 3. The molecule has 0 saturated carbocycles. The van der Waals surface area contributed by atoms with Crippen molar-refractivity contribution in [2.75, 3.05) is 11.0 Å². The number of anilines is 1. The molecule has 4 rings (SSSR count). The molecule has 0 unspecified atom stereocenters. The van der Waals surface area contributed by atoms with E-state index < -0.39 is 10.0 Å². The Kier molecular flexibility index (Phi) is 5.57. The van der Waals surface area contributed by atoms with Crippen molar-refractivity contribution in [2.24, 2.45) is 0 Å². The molecule has 0 aromatic heterocycles. The third-order valence-electron chi connectivity index (χ3n) is 4.47. The lowest BCUT2D eigenvalue weighted by atomic mass is 9.95. The molecule has 0 saturated heterocycles. The van der Waals surface area contributed by atoms with Crippen LogP contribution in [-0.4, -0.2) is 14.7 Å². The van der Waals surface area contributed by atoms with Crippen LogP contribution in [0.25, 0.3) is 11.6 Å². The molecule has 0 bridgehead atoms. The summed E-state index contributed by atoms with van der Waals surface area (Å²) in [5, 5.41) is 0.735. The molecule has 3 aromatic rings. The van der Waals surface area contributed by atoms with E-state index in [2.05, 4.69) is 28.7 Å². The van der Waals surface area contributed by atoms with Crippen molar-refractivity contribution >= 4 is 50.7 Å². The first-order valence-corrected chi connectivity index (χ1v) is 12.2. The minimum atomic E-state index is -3.33. The average Bonchev–Trinajstić information content (AvgIpc) is 2.83. The summed E-state index contributed by atoms with van der Waals surface area (Å²) in [6.07, 6.45) is 3.01. The smallest absolute Gasteiger partial charge is 0.229 e.